The van der Waals surface area contributed by atoms with E-state index in [1.54, 1.807) is 6.08 Å². The number of ether oxygens (including phenoxy) is 2. The van der Waals surface area contributed by atoms with E-state index in [9.17, 15) is 5.11 Å². The monoisotopic (exact) mass is 524 g/mol. The third-order valence-corrected chi connectivity index (χ3v) is 8.81. The van der Waals surface area contributed by atoms with Gasteiger partial charge < -0.3 is 14.6 Å². The number of fused-ring (bicyclic) bond motifs is 4. The van der Waals surface area contributed by atoms with Crippen LogP contribution in [0.2, 0.25) is 0 Å². The molecule has 6 rings (SSSR count). The van der Waals surface area contributed by atoms with E-state index in [4.69, 9.17) is 19.4 Å². The predicted octanol–water partition coefficient (Wildman–Crippen LogP) is 8.21. The van der Waals surface area contributed by atoms with Crippen LogP contribution in [0.4, 0.5) is 0 Å². The maximum atomic E-state index is 10.6. The molecule has 0 radical (unpaired) electrons. The number of allylic oxidation sites excluding steroid dienone is 11. The Labute approximate surface area is 232 Å². The van der Waals surface area contributed by atoms with Crippen molar-refractivity contribution in [2.45, 2.75) is 77.7 Å². The zero-order valence-electron chi connectivity index (χ0n) is 23.2. The fourth-order valence-corrected chi connectivity index (χ4v) is 6.40. The van der Waals surface area contributed by atoms with Gasteiger partial charge in [-0.2, -0.15) is 4.98 Å². The lowest BCUT2D eigenvalue weighted by Gasteiger charge is -2.26. The summed E-state index contributed by atoms with van der Waals surface area (Å²) in [6.45, 7) is 5.11. The minimum absolute atomic E-state index is 0.0978. The van der Waals surface area contributed by atoms with Crippen LogP contribution in [0.25, 0.3) is 11.1 Å². The third-order valence-electron chi connectivity index (χ3n) is 8.81. The summed E-state index contributed by atoms with van der Waals surface area (Å²) in [6.07, 6.45) is 26.8. The molecular formula is C34H40N2O3. The highest BCUT2D eigenvalue weighted by Gasteiger charge is 2.43. The Kier molecular flexibility index (Phi) is 7.58. The van der Waals surface area contributed by atoms with Gasteiger partial charge >= 0.3 is 0 Å². The second-order valence-electron chi connectivity index (χ2n) is 11.4. The number of unbranched alkanes of at least 4 members (excludes halogenated alkanes) is 1. The van der Waals surface area contributed by atoms with Gasteiger partial charge in [-0.1, -0.05) is 63.5 Å². The molecule has 1 fully saturated rings. The molecule has 204 valence electrons. The molecule has 0 amide bonds. The van der Waals surface area contributed by atoms with Crippen LogP contribution in [0, 0.1) is 17.8 Å². The topological polar surface area (TPSA) is 64.5 Å². The Bertz CT molecular complexity index is 1330. The number of aliphatic hydroxyl groups excluding tert-OH is 1. The van der Waals surface area contributed by atoms with E-state index < -0.39 is 0 Å². The van der Waals surface area contributed by atoms with Gasteiger partial charge in [0.05, 0.1) is 12.3 Å². The fourth-order valence-electron chi connectivity index (χ4n) is 6.40. The van der Waals surface area contributed by atoms with Crippen LogP contribution in [-0.2, 0) is 4.74 Å². The van der Waals surface area contributed by atoms with Crippen LogP contribution < -0.4 is 4.74 Å². The van der Waals surface area contributed by atoms with E-state index in [0.29, 0.717) is 36.1 Å². The van der Waals surface area contributed by atoms with Crippen LogP contribution in [0.5, 0.6) is 5.88 Å². The largest absolute Gasteiger partial charge is 0.508 e. The smallest absolute Gasteiger partial charge is 0.217 e. The van der Waals surface area contributed by atoms with Gasteiger partial charge in [0.2, 0.25) is 5.88 Å². The summed E-state index contributed by atoms with van der Waals surface area (Å²) in [6, 6.07) is 1.99. The van der Waals surface area contributed by atoms with Gasteiger partial charge in [-0.25, -0.2) is 4.98 Å². The maximum absolute atomic E-state index is 10.6. The van der Waals surface area contributed by atoms with Crippen molar-refractivity contribution in [1.29, 1.82) is 0 Å². The highest BCUT2D eigenvalue weighted by Crippen LogP contribution is 2.48. The average molecular weight is 525 g/mol. The van der Waals surface area contributed by atoms with Crippen LogP contribution >= 0.6 is 0 Å². The normalized spacial score (nSPS) is 25.9. The quantitative estimate of drug-likeness (QED) is 0.353. The Morgan fingerprint density at radius 2 is 1.92 bits per heavy atom. The van der Waals surface area contributed by atoms with Crippen LogP contribution in [0.1, 0.15) is 83.2 Å². The first-order valence-corrected chi connectivity index (χ1v) is 14.9. The minimum atomic E-state index is 0.0978. The Hall–Kier alpha value is -3.34. The van der Waals surface area contributed by atoms with Crippen LogP contribution in [0.3, 0.4) is 0 Å². The van der Waals surface area contributed by atoms with Crippen molar-refractivity contribution in [1.82, 2.24) is 9.97 Å². The number of rotatable bonds is 9. The molecule has 4 aliphatic carbocycles. The molecule has 0 saturated carbocycles. The van der Waals surface area contributed by atoms with Gasteiger partial charge in [-0.3, -0.25) is 0 Å². The number of aromatic nitrogens is 2. The zero-order valence-corrected chi connectivity index (χ0v) is 23.2. The summed E-state index contributed by atoms with van der Waals surface area (Å²) in [4.78, 5) is 9.78. The second kappa shape index (κ2) is 11.4. The lowest BCUT2D eigenvalue weighted by atomic mass is 9.76. The van der Waals surface area contributed by atoms with Gasteiger partial charge in [0.25, 0.3) is 0 Å². The fraction of sp³-hybridized carbons (Fsp3) is 0.471. The molecule has 5 nitrogen and oxygen atoms in total. The molecule has 1 saturated heterocycles. The molecule has 0 aromatic carbocycles. The highest BCUT2D eigenvalue weighted by molar-refractivity contribution is 5.71. The Morgan fingerprint density at radius 3 is 2.77 bits per heavy atom. The van der Waals surface area contributed by atoms with Crippen molar-refractivity contribution >= 4 is 11.1 Å². The molecule has 4 unspecified atom stereocenters. The number of hydrogen-bond donors (Lipinski definition) is 1. The van der Waals surface area contributed by atoms with Gasteiger partial charge in [0.1, 0.15) is 17.6 Å². The zero-order chi connectivity index (χ0) is 26.8. The predicted molar refractivity (Wildman–Crippen MR) is 156 cm³/mol. The van der Waals surface area contributed by atoms with E-state index in [0.717, 1.165) is 55.6 Å². The Morgan fingerprint density at radius 1 is 1.05 bits per heavy atom. The molecule has 5 aliphatic rings. The van der Waals surface area contributed by atoms with Gasteiger partial charge in [0, 0.05) is 23.5 Å². The van der Waals surface area contributed by atoms with Gasteiger partial charge in [0.15, 0.2) is 5.82 Å². The summed E-state index contributed by atoms with van der Waals surface area (Å²) in [5.41, 5.74) is 5.63. The van der Waals surface area contributed by atoms with Gasteiger partial charge in [-0.15, -0.1) is 0 Å². The molecule has 0 spiro atoms. The molecule has 2 heterocycles. The van der Waals surface area contributed by atoms with Crippen LogP contribution in [-0.4, -0.2) is 27.8 Å². The summed E-state index contributed by atoms with van der Waals surface area (Å²) in [5.74, 6) is 3.66. The molecule has 39 heavy (non-hydrogen) atoms. The molecule has 4 atom stereocenters. The summed E-state index contributed by atoms with van der Waals surface area (Å²) in [7, 11) is 0. The number of hydrogen-bond acceptors (Lipinski definition) is 5. The van der Waals surface area contributed by atoms with E-state index in [1.165, 1.54) is 36.0 Å². The summed E-state index contributed by atoms with van der Waals surface area (Å²) in [5, 5.41) is 10.6. The van der Waals surface area contributed by atoms with Gasteiger partial charge in [-0.05, 0) is 79.4 Å². The minimum Gasteiger partial charge on any atom is -0.508 e. The second-order valence-corrected chi connectivity index (χ2v) is 11.4. The molecule has 1 N–H and O–H groups in total. The molecule has 0 bridgehead atoms. The average Bonchev–Trinajstić information content (AvgIpc) is 3.32. The van der Waals surface area contributed by atoms with E-state index in [2.05, 4.69) is 50.3 Å². The van der Waals surface area contributed by atoms with E-state index in [-0.39, 0.29) is 11.9 Å². The SMILES string of the molecule is CCCCC(CC)COc1cc(C2=CC=C3OC4C=C5C=CCCC5=CC4C3C2)nc(C2=C(O)C=CCC2)n1. The summed E-state index contributed by atoms with van der Waals surface area (Å²) < 4.78 is 12.7. The van der Waals surface area contributed by atoms with Crippen molar-refractivity contribution in [3.05, 3.63) is 88.9 Å². The molecule has 1 aromatic rings. The summed E-state index contributed by atoms with van der Waals surface area (Å²) >= 11 is 0. The number of nitrogens with zero attached hydrogens (tertiary/aromatic N) is 2. The number of aliphatic hydroxyl groups is 1. The van der Waals surface area contributed by atoms with Crippen molar-refractivity contribution in [3.8, 4) is 5.88 Å². The highest BCUT2D eigenvalue weighted by atomic mass is 16.5. The maximum Gasteiger partial charge on any atom is 0.217 e. The molecule has 1 aromatic heterocycles. The van der Waals surface area contributed by atoms with Crippen molar-refractivity contribution in [2.75, 3.05) is 6.61 Å². The Balaban J connectivity index is 1.28. The standard InChI is InChI=1S/C34H40N2O3/c1-3-5-10-22(4-2)21-38-33-20-29(35-34(36-33)26-13-8-9-14-30(26)37)25-15-16-31-27(18-25)28-17-23-11-6-7-12-24(23)19-32(28)39-31/h7,9,12,14-17,19-20,22,27-28,32,37H,3-6,8,10-11,13,18,21H2,1-2H3. The first-order chi connectivity index (χ1) is 19.1. The van der Waals surface area contributed by atoms with Crippen molar-refractivity contribution < 1.29 is 14.6 Å². The first-order valence-electron chi connectivity index (χ1n) is 14.9. The van der Waals surface area contributed by atoms with Crippen molar-refractivity contribution in [3.63, 3.8) is 0 Å². The molecule has 1 aliphatic heterocycles. The van der Waals surface area contributed by atoms with Crippen molar-refractivity contribution in [2.24, 2.45) is 17.8 Å². The van der Waals surface area contributed by atoms with E-state index in [1.807, 2.05) is 12.1 Å². The first kappa shape index (κ1) is 25.9. The lowest BCUT2D eigenvalue weighted by molar-refractivity contribution is 0.183. The van der Waals surface area contributed by atoms with Crippen LogP contribution in [0.15, 0.2) is 77.3 Å². The molecule has 5 heteroatoms. The lowest BCUT2D eigenvalue weighted by Crippen LogP contribution is -2.22. The third kappa shape index (κ3) is 5.41. The van der Waals surface area contributed by atoms with E-state index >= 15 is 0 Å². The molecular weight excluding hydrogens is 484 g/mol.